The summed E-state index contributed by atoms with van der Waals surface area (Å²) in [5.41, 5.74) is 1.42. The van der Waals surface area contributed by atoms with Crippen molar-refractivity contribution in [3.63, 3.8) is 0 Å². The highest BCUT2D eigenvalue weighted by Gasteiger charge is 2.25. The average molecular weight is 473 g/mol. The van der Waals surface area contributed by atoms with Crippen molar-refractivity contribution >= 4 is 6.08 Å². The zero-order chi connectivity index (χ0) is 24.8. The third kappa shape index (κ3) is 5.86. The van der Waals surface area contributed by atoms with E-state index in [0.717, 1.165) is 0 Å². The lowest BCUT2D eigenvalue weighted by Gasteiger charge is -2.26. The molecule has 0 unspecified atom stereocenters. The third-order valence-electron chi connectivity index (χ3n) is 5.99. The molecule has 180 valence electrons. The molecule has 1 fully saturated rings. The highest BCUT2D eigenvalue weighted by atomic mass is 19.2. The zero-order valence-electron chi connectivity index (χ0n) is 19.1. The normalized spacial score (nSPS) is 19.1. The van der Waals surface area contributed by atoms with E-state index in [9.17, 15) is 22.7 Å². The minimum atomic E-state index is -1.21. The Balaban J connectivity index is 1.74. The molecule has 0 bridgehead atoms. The molecule has 2 nitrogen and oxygen atoms in total. The van der Waals surface area contributed by atoms with E-state index in [0.29, 0.717) is 42.4 Å². The molecule has 0 spiro atoms. The Morgan fingerprint density at radius 2 is 1.62 bits per heavy atom. The molecule has 1 aliphatic carbocycles. The fraction of sp³-hybridized carbons (Fsp3) is 0.286. The molecule has 1 aliphatic rings. The minimum absolute atomic E-state index is 0.0995. The number of hydrogen-bond donors (Lipinski definition) is 1. The summed E-state index contributed by atoms with van der Waals surface area (Å²) in [6.07, 6.45) is 4.89. The van der Waals surface area contributed by atoms with E-state index in [2.05, 4.69) is 13.2 Å². The Labute approximate surface area is 197 Å². The Bertz CT molecular complexity index is 1110. The van der Waals surface area contributed by atoms with Crippen LogP contribution in [0.3, 0.4) is 0 Å². The SMILES string of the molecule is C=C(/C=C/c1ccc(-c2ccc(C3CCC(O)CC3)c(F)c2F)cc1)/C(F)=C(/F)C(=C)OCC. The van der Waals surface area contributed by atoms with Crippen LogP contribution in [-0.4, -0.2) is 17.8 Å². The fourth-order valence-electron chi connectivity index (χ4n) is 4.03. The van der Waals surface area contributed by atoms with Crippen LogP contribution >= 0.6 is 0 Å². The van der Waals surface area contributed by atoms with E-state index < -0.39 is 29.0 Å². The van der Waals surface area contributed by atoms with Crippen LogP contribution in [0.2, 0.25) is 0 Å². The van der Waals surface area contributed by atoms with Gasteiger partial charge in [-0.25, -0.2) is 13.2 Å². The van der Waals surface area contributed by atoms with Crippen molar-refractivity contribution in [1.82, 2.24) is 0 Å². The third-order valence-corrected chi connectivity index (χ3v) is 5.99. The van der Waals surface area contributed by atoms with Gasteiger partial charge in [0.05, 0.1) is 12.7 Å². The van der Waals surface area contributed by atoms with Crippen LogP contribution in [0, 0.1) is 11.6 Å². The van der Waals surface area contributed by atoms with Crippen LogP contribution in [0.15, 0.2) is 78.6 Å². The molecule has 0 aromatic heterocycles. The van der Waals surface area contributed by atoms with Gasteiger partial charge in [-0.3, -0.25) is 0 Å². The van der Waals surface area contributed by atoms with Gasteiger partial charge in [0.1, 0.15) is 0 Å². The van der Waals surface area contributed by atoms with Gasteiger partial charge in [-0.1, -0.05) is 61.7 Å². The molecule has 2 aromatic carbocycles. The summed E-state index contributed by atoms with van der Waals surface area (Å²) in [5.74, 6) is -4.64. The van der Waals surface area contributed by atoms with E-state index in [4.69, 9.17) is 4.74 Å². The van der Waals surface area contributed by atoms with Crippen LogP contribution in [0.5, 0.6) is 0 Å². The lowest BCUT2D eigenvalue weighted by Crippen LogP contribution is -2.18. The predicted octanol–water partition coefficient (Wildman–Crippen LogP) is 7.92. The van der Waals surface area contributed by atoms with Gasteiger partial charge < -0.3 is 9.84 Å². The summed E-state index contributed by atoms with van der Waals surface area (Å²) >= 11 is 0. The summed E-state index contributed by atoms with van der Waals surface area (Å²) in [5, 5.41) is 9.65. The molecule has 34 heavy (non-hydrogen) atoms. The monoisotopic (exact) mass is 472 g/mol. The molecule has 0 atom stereocenters. The van der Waals surface area contributed by atoms with E-state index in [1.165, 1.54) is 12.2 Å². The average Bonchev–Trinajstić information content (AvgIpc) is 2.84. The van der Waals surface area contributed by atoms with E-state index in [-0.39, 0.29) is 29.8 Å². The van der Waals surface area contributed by atoms with Gasteiger partial charge in [-0.15, -0.1) is 0 Å². The van der Waals surface area contributed by atoms with Crippen LogP contribution in [0.1, 0.15) is 49.7 Å². The number of rotatable bonds is 8. The molecule has 6 heteroatoms. The van der Waals surface area contributed by atoms with Crippen molar-refractivity contribution in [3.05, 3.63) is 101 Å². The number of hydrogen-bond acceptors (Lipinski definition) is 2. The summed E-state index contributed by atoms with van der Waals surface area (Å²) in [6, 6.07) is 9.75. The Hall–Kier alpha value is -3.12. The molecule has 0 amide bonds. The first-order valence-corrected chi connectivity index (χ1v) is 11.2. The molecular weight excluding hydrogens is 444 g/mol. The standard InChI is InChI=1S/C28H28F4O2/c1-4-34-18(3)26(30)25(29)17(2)5-6-19-7-9-20(10-8-19)23-15-16-24(28(32)27(23)31)21-11-13-22(33)14-12-21/h5-10,15-16,21-22,33H,2-4,11-14H2,1H3/b6-5+,26-25-. The van der Waals surface area contributed by atoms with Crippen molar-refractivity contribution in [2.24, 2.45) is 0 Å². The highest BCUT2D eigenvalue weighted by molar-refractivity contribution is 5.67. The molecule has 0 aliphatic heterocycles. The van der Waals surface area contributed by atoms with Gasteiger partial charge in [-0.05, 0) is 55.2 Å². The Kier molecular flexibility index (Phi) is 8.51. The minimum Gasteiger partial charge on any atom is -0.491 e. The van der Waals surface area contributed by atoms with Crippen molar-refractivity contribution in [1.29, 1.82) is 0 Å². The summed E-state index contributed by atoms with van der Waals surface area (Å²) in [4.78, 5) is 0. The molecule has 0 saturated heterocycles. The number of aliphatic hydroxyl groups is 1. The summed E-state index contributed by atoms with van der Waals surface area (Å²) in [7, 11) is 0. The molecule has 0 heterocycles. The molecular formula is C28H28F4O2. The van der Waals surface area contributed by atoms with Gasteiger partial charge in [-0.2, -0.15) is 4.39 Å². The topological polar surface area (TPSA) is 29.5 Å². The van der Waals surface area contributed by atoms with Crippen molar-refractivity contribution in [2.45, 2.75) is 44.6 Å². The maximum Gasteiger partial charge on any atom is 0.200 e. The van der Waals surface area contributed by atoms with Crippen molar-refractivity contribution in [2.75, 3.05) is 6.61 Å². The largest absolute Gasteiger partial charge is 0.491 e. The fourth-order valence-corrected chi connectivity index (χ4v) is 4.03. The molecule has 1 N–H and O–H groups in total. The second-order valence-electron chi connectivity index (χ2n) is 8.30. The maximum atomic E-state index is 14.9. The van der Waals surface area contributed by atoms with Crippen LogP contribution in [-0.2, 0) is 4.74 Å². The van der Waals surface area contributed by atoms with E-state index in [1.54, 1.807) is 43.3 Å². The molecule has 1 saturated carbocycles. The number of benzene rings is 2. The Morgan fingerprint density at radius 3 is 2.24 bits per heavy atom. The number of ether oxygens (including phenoxy) is 1. The highest BCUT2D eigenvalue weighted by Crippen LogP contribution is 2.37. The lowest BCUT2D eigenvalue weighted by molar-refractivity contribution is 0.122. The lowest BCUT2D eigenvalue weighted by atomic mass is 9.82. The Morgan fingerprint density at radius 1 is 0.971 bits per heavy atom. The number of aliphatic hydroxyl groups excluding tert-OH is 1. The number of halogens is 4. The second kappa shape index (κ2) is 11.3. The van der Waals surface area contributed by atoms with Crippen molar-refractivity contribution in [3.8, 4) is 11.1 Å². The van der Waals surface area contributed by atoms with Gasteiger partial charge in [0, 0.05) is 11.1 Å². The summed E-state index contributed by atoms with van der Waals surface area (Å²) in [6.45, 7) is 8.62. The molecule has 2 aromatic rings. The first-order chi connectivity index (χ1) is 16.2. The van der Waals surface area contributed by atoms with Crippen molar-refractivity contribution < 1.29 is 27.4 Å². The molecule has 0 radical (unpaired) electrons. The van der Waals surface area contributed by atoms with Crippen LogP contribution in [0.25, 0.3) is 17.2 Å². The number of allylic oxidation sites excluding steroid dienone is 4. The summed E-state index contributed by atoms with van der Waals surface area (Å²) < 4.78 is 62.6. The maximum absolute atomic E-state index is 14.9. The van der Waals surface area contributed by atoms with E-state index in [1.807, 2.05) is 0 Å². The predicted molar refractivity (Wildman–Crippen MR) is 127 cm³/mol. The molecule has 3 rings (SSSR count). The van der Waals surface area contributed by atoms with Crippen LogP contribution < -0.4 is 0 Å². The zero-order valence-corrected chi connectivity index (χ0v) is 19.1. The quantitative estimate of drug-likeness (QED) is 0.240. The van der Waals surface area contributed by atoms with Gasteiger partial charge in [0.2, 0.25) is 5.83 Å². The second-order valence-corrected chi connectivity index (χ2v) is 8.30. The van der Waals surface area contributed by atoms with Gasteiger partial charge in [0.25, 0.3) is 0 Å². The first-order valence-electron chi connectivity index (χ1n) is 11.2. The van der Waals surface area contributed by atoms with Gasteiger partial charge >= 0.3 is 0 Å². The smallest absolute Gasteiger partial charge is 0.200 e. The first kappa shape index (κ1) is 25.5. The van der Waals surface area contributed by atoms with Gasteiger partial charge in [0.15, 0.2) is 23.2 Å². The van der Waals surface area contributed by atoms with E-state index >= 15 is 0 Å². The van der Waals surface area contributed by atoms with Crippen LogP contribution in [0.4, 0.5) is 17.6 Å².